The number of hydrogen-bond acceptors (Lipinski definition) is 5. The van der Waals surface area contributed by atoms with Gasteiger partial charge in [0, 0.05) is 25.1 Å². The highest BCUT2D eigenvalue weighted by Gasteiger charge is 2.41. The number of nitrogens with zero attached hydrogens (tertiary/aromatic N) is 1. The molecule has 0 aromatic heterocycles. The van der Waals surface area contributed by atoms with Gasteiger partial charge in [0.1, 0.15) is 24.5 Å². The molecule has 8 nitrogen and oxygen atoms in total. The minimum absolute atomic E-state index is 0.135. The monoisotopic (exact) mass is 488 g/mol. The number of benzene rings is 3. The number of anilines is 1. The topological polar surface area (TPSA) is 116 Å². The molecule has 3 N–H and O–H groups in total. The Labute approximate surface area is 209 Å². The van der Waals surface area contributed by atoms with Crippen molar-refractivity contribution >= 4 is 23.5 Å². The summed E-state index contributed by atoms with van der Waals surface area (Å²) in [6, 6.07) is 22.3. The van der Waals surface area contributed by atoms with E-state index < -0.39 is 24.7 Å². The molecule has 1 heterocycles. The highest BCUT2D eigenvalue weighted by Crippen LogP contribution is 2.35. The maximum Gasteiger partial charge on any atom is 0.329 e. The predicted octanol–water partition coefficient (Wildman–Crippen LogP) is 3.93. The van der Waals surface area contributed by atoms with E-state index in [9.17, 15) is 19.5 Å². The van der Waals surface area contributed by atoms with Crippen molar-refractivity contribution in [1.82, 2.24) is 4.90 Å². The van der Waals surface area contributed by atoms with Crippen LogP contribution < -0.4 is 5.32 Å². The van der Waals surface area contributed by atoms with Gasteiger partial charge in [-0.1, -0.05) is 54.6 Å². The van der Waals surface area contributed by atoms with E-state index >= 15 is 0 Å². The fourth-order valence-electron chi connectivity index (χ4n) is 4.70. The van der Waals surface area contributed by atoms with E-state index in [4.69, 9.17) is 9.84 Å². The van der Waals surface area contributed by atoms with Crippen molar-refractivity contribution in [2.24, 2.45) is 0 Å². The van der Waals surface area contributed by atoms with Crippen LogP contribution in [0.4, 0.5) is 5.69 Å². The second-order valence-electron chi connectivity index (χ2n) is 8.75. The molecule has 36 heavy (non-hydrogen) atoms. The van der Waals surface area contributed by atoms with Crippen molar-refractivity contribution in [3.8, 4) is 5.75 Å². The average Bonchev–Trinajstić information content (AvgIpc) is 3.31. The smallest absolute Gasteiger partial charge is 0.329 e. The molecule has 0 aliphatic carbocycles. The van der Waals surface area contributed by atoms with Crippen molar-refractivity contribution in [3.05, 3.63) is 95.6 Å². The van der Waals surface area contributed by atoms with E-state index in [-0.39, 0.29) is 23.5 Å². The minimum Gasteiger partial charge on any atom is -0.508 e. The molecular weight excluding hydrogens is 460 g/mol. The lowest BCUT2D eigenvalue weighted by Crippen LogP contribution is -2.44. The summed E-state index contributed by atoms with van der Waals surface area (Å²) in [4.78, 5) is 38.5. The van der Waals surface area contributed by atoms with E-state index in [1.54, 1.807) is 47.4 Å². The van der Waals surface area contributed by atoms with Crippen LogP contribution >= 0.6 is 0 Å². The van der Waals surface area contributed by atoms with E-state index in [0.29, 0.717) is 24.2 Å². The number of carboxylic acids is 1. The summed E-state index contributed by atoms with van der Waals surface area (Å²) in [6.45, 7) is 1.43. The number of hydrogen-bond donors (Lipinski definition) is 3. The summed E-state index contributed by atoms with van der Waals surface area (Å²) in [7, 11) is 0. The Morgan fingerprint density at radius 2 is 1.69 bits per heavy atom. The second kappa shape index (κ2) is 11.0. The molecule has 3 atom stereocenters. The van der Waals surface area contributed by atoms with Crippen LogP contribution in [0, 0.1) is 0 Å². The largest absolute Gasteiger partial charge is 0.508 e. The summed E-state index contributed by atoms with van der Waals surface area (Å²) < 4.78 is 5.68. The first-order valence-electron chi connectivity index (χ1n) is 11.7. The van der Waals surface area contributed by atoms with Gasteiger partial charge in [-0.15, -0.1) is 0 Å². The molecule has 1 fully saturated rings. The van der Waals surface area contributed by atoms with Crippen molar-refractivity contribution in [1.29, 1.82) is 0 Å². The normalized spacial score (nSPS) is 18.0. The number of aromatic hydroxyl groups is 1. The van der Waals surface area contributed by atoms with Crippen LogP contribution in [0.25, 0.3) is 0 Å². The molecule has 0 radical (unpaired) electrons. The molecule has 0 bridgehead atoms. The Morgan fingerprint density at radius 3 is 2.36 bits per heavy atom. The SMILES string of the molecule is CC(=O)N1CCC(c2ccc(O)cc2)[C@H]1C(=O)Nc1cccc(C(OCC(=O)O)c2ccccc2)c1. The van der Waals surface area contributed by atoms with Gasteiger partial charge < -0.3 is 25.2 Å². The van der Waals surface area contributed by atoms with Gasteiger partial charge in [-0.05, 0) is 47.4 Å². The molecule has 2 amide bonds. The van der Waals surface area contributed by atoms with Crippen LogP contribution in [0.15, 0.2) is 78.9 Å². The summed E-state index contributed by atoms with van der Waals surface area (Å²) in [5.41, 5.74) is 2.85. The number of phenols is 1. The molecule has 8 heteroatoms. The molecule has 2 unspecified atom stereocenters. The van der Waals surface area contributed by atoms with Gasteiger partial charge in [-0.2, -0.15) is 0 Å². The lowest BCUT2D eigenvalue weighted by atomic mass is 9.91. The predicted molar refractivity (Wildman–Crippen MR) is 134 cm³/mol. The number of ether oxygens (including phenoxy) is 1. The third-order valence-corrected chi connectivity index (χ3v) is 6.32. The first kappa shape index (κ1) is 24.9. The second-order valence-corrected chi connectivity index (χ2v) is 8.75. The Bertz CT molecular complexity index is 1230. The summed E-state index contributed by atoms with van der Waals surface area (Å²) in [5, 5.41) is 21.7. The Hall–Kier alpha value is -4.17. The van der Waals surface area contributed by atoms with Crippen LogP contribution in [-0.2, 0) is 19.1 Å². The number of nitrogens with one attached hydrogen (secondary N) is 1. The van der Waals surface area contributed by atoms with Gasteiger partial charge >= 0.3 is 5.97 Å². The maximum atomic E-state index is 13.5. The van der Waals surface area contributed by atoms with Gasteiger partial charge in [0.05, 0.1) is 0 Å². The Morgan fingerprint density at radius 1 is 1.00 bits per heavy atom. The number of carboxylic acid groups (broad SMARTS) is 1. The van der Waals surface area contributed by atoms with Crippen molar-refractivity contribution in [3.63, 3.8) is 0 Å². The molecule has 1 aliphatic rings. The van der Waals surface area contributed by atoms with Crippen molar-refractivity contribution < 1.29 is 29.3 Å². The number of carbonyl (C=O) groups is 3. The zero-order valence-electron chi connectivity index (χ0n) is 19.8. The number of carbonyl (C=O) groups excluding carboxylic acids is 2. The first-order chi connectivity index (χ1) is 17.3. The summed E-state index contributed by atoms with van der Waals surface area (Å²) in [6.07, 6.45) is -0.00852. The molecule has 4 rings (SSSR count). The zero-order valence-corrected chi connectivity index (χ0v) is 19.8. The van der Waals surface area contributed by atoms with Crippen LogP contribution in [0.3, 0.4) is 0 Å². The number of likely N-dealkylation sites (tertiary alicyclic amines) is 1. The van der Waals surface area contributed by atoms with E-state index in [2.05, 4.69) is 5.32 Å². The number of rotatable bonds is 8. The van der Waals surface area contributed by atoms with E-state index in [1.807, 2.05) is 36.4 Å². The fourth-order valence-corrected chi connectivity index (χ4v) is 4.70. The molecule has 186 valence electrons. The minimum atomic E-state index is -1.08. The molecule has 3 aromatic rings. The molecule has 0 spiro atoms. The maximum absolute atomic E-state index is 13.5. The number of phenolic OH excluding ortho intramolecular Hbond substituents is 1. The standard InChI is InChI=1S/C28H28N2O6/c1-18(31)30-15-14-24(19-10-12-23(32)13-11-19)26(30)28(35)29-22-9-5-8-21(16-22)27(36-17-25(33)34)20-6-3-2-4-7-20/h2-13,16,24,26-27,32H,14-15,17H2,1H3,(H,29,35)(H,33,34)/t24?,26-,27?/m0/s1. The molecule has 1 aliphatic heterocycles. The Kier molecular flexibility index (Phi) is 7.65. The molecule has 3 aromatic carbocycles. The molecule has 1 saturated heterocycles. The third-order valence-electron chi connectivity index (χ3n) is 6.32. The number of amides is 2. The van der Waals surface area contributed by atoms with Gasteiger partial charge in [0.15, 0.2) is 0 Å². The van der Waals surface area contributed by atoms with Crippen LogP contribution in [0.5, 0.6) is 5.75 Å². The van der Waals surface area contributed by atoms with Gasteiger partial charge in [0.25, 0.3) is 0 Å². The number of aliphatic carboxylic acids is 1. The van der Waals surface area contributed by atoms with E-state index in [0.717, 1.165) is 11.1 Å². The van der Waals surface area contributed by atoms with E-state index in [1.165, 1.54) is 6.92 Å². The average molecular weight is 489 g/mol. The van der Waals surface area contributed by atoms with Crippen LogP contribution in [0.2, 0.25) is 0 Å². The Balaban J connectivity index is 1.59. The zero-order chi connectivity index (χ0) is 25.7. The highest BCUT2D eigenvalue weighted by molar-refractivity contribution is 5.98. The lowest BCUT2D eigenvalue weighted by Gasteiger charge is -2.27. The quantitative estimate of drug-likeness (QED) is 0.443. The summed E-state index contributed by atoms with van der Waals surface area (Å²) >= 11 is 0. The first-order valence-corrected chi connectivity index (χ1v) is 11.7. The highest BCUT2D eigenvalue weighted by atomic mass is 16.5. The van der Waals surface area contributed by atoms with Gasteiger partial charge in [0.2, 0.25) is 11.8 Å². The molecular formula is C28H28N2O6. The summed E-state index contributed by atoms with van der Waals surface area (Å²) in [5.74, 6) is -1.66. The van der Waals surface area contributed by atoms with Gasteiger partial charge in [-0.25, -0.2) is 4.79 Å². The molecule has 0 saturated carbocycles. The van der Waals surface area contributed by atoms with Crippen LogP contribution in [0.1, 0.15) is 42.1 Å². The van der Waals surface area contributed by atoms with Crippen molar-refractivity contribution in [2.45, 2.75) is 31.4 Å². The third kappa shape index (κ3) is 5.72. The van der Waals surface area contributed by atoms with Crippen molar-refractivity contribution in [2.75, 3.05) is 18.5 Å². The lowest BCUT2D eigenvalue weighted by molar-refractivity contribution is -0.143. The van der Waals surface area contributed by atoms with Crippen LogP contribution in [-0.4, -0.2) is 52.1 Å². The fraction of sp³-hybridized carbons (Fsp3) is 0.250. The van der Waals surface area contributed by atoms with Gasteiger partial charge in [-0.3, -0.25) is 9.59 Å².